The van der Waals surface area contributed by atoms with Gasteiger partial charge in [0.1, 0.15) is 6.61 Å². The molecule has 2 rings (SSSR count). The van der Waals surface area contributed by atoms with Crippen molar-refractivity contribution in [3.63, 3.8) is 0 Å². The molecule has 0 bridgehead atoms. The number of hydrogen-bond acceptors (Lipinski definition) is 4. The summed E-state index contributed by atoms with van der Waals surface area (Å²) in [6.45, 7) is 9.25. The number of nitrogens with one attached hydrogen (secondary N) is 1. The second kappa shape index (κ2) is 10.7. The van der Waals surface area contributed by atoms with Crippen LogP contribution in [0.1, 0.15) is 49.9 Å². The number of methoxy groups -OCH3 is 1. The van der Waals surface area contributed by atoms with Crippen LogP contribution in [0.25, 0.3) is 0 Å². The number of carbonyl (C=O) groups excluding carboxylic acids is 2. The summed E-state index contributed by atoms with van der Waals surface area (Å²) in [5.41, 5.74) is 0.529. The number of rotatable bonds is 9. The summed E-state index contributed by atoms with van der Waals surface area (Å²) in [5, 5.41) is 2.99. The normalized spacial score (nSPS) is 19.0. The minimum Gasteiger partial charge on any atom is -0.493 e. The number of carbonyl (C=O) groups is 2. The van der Waals surface area contributed by atoms with Gasteiger partial charge in [-0.3, -0.25) is 9.59 Å². The average molecular weight is 389 g/mol. The molecule has 1 saturated heterocycles. The fraction of sp³-hybridized carbons (Fsp3) is 0.545. The van der Waals surface area contributed by atoms with Gasteiger partial charge in [0.15, 0.2) is 11.5 Å². The van der Waals surface area contributed by atoms with Crippen LogP contribution < -0.4 is 14.8 Å². The van der Waals surface area contributed by atoms with Crippen LogP contribution in [-0.2, 0) is 4.79 Å². The maximum absolute atomic E-state index is 13.1. The van der Waals surface area contributed by atoms with Crippen molar-refractivity contribution in [3.8, 4) is 11.5 Å². The van der Waals surface area contributed by atoms with E-state index in [1.165, 1.54) is 0 Å². The number of nitrogens with zero attached hydrogens (tertiary/aromatic N) is 1. The first-order chi connectivity index (χ1) is 13.5. The van der Waals surface area contributed by atoms with Gasteiger partial charge in [0.25, 0.3) is 5.91 Å². The topological polar surface area (TPSA) is 67.9 Å². The molecule has 1 aromatic rings. The lowest BCUT2D eigenvalue weighted by Crippen LogP contribution is -2.49. The van der Waals surface area contributed by atoms with E-state index < -0.39 is 0 Å². The van der Waals surface area contributed by atoms with Crippen molar-refractivity contribution >= 4 is 11.8 Å². The lowest BCUT2D eigenvalue weighted by Gasteiger charge is -2.37. The number of benzene rings is 1. The molecule has 0 radical (unpaired) electrons. The highest BCUT2D eigenvalue weighted by atomic mass is 16.5. The molecule has 2 atom stereocenters. The van der Waals surface area contributed by atoms with Crippen molar-refractivity contribution in [1.82, 2.24) is 10.2 Å². The Hall–Kier alpha value is -2.50. The van der Waals surface area contributed by atoms with Crippen LogP contribution in [0.3, 0.4) is 0 Å². The lowest BCUT2D eigenvalue weighted by molar-refractivity contribution is -0.126. The summed E-state index contributed by atoms with van der Waals surface area (Å²) in [6.07, 6.45) is 5.29. The highest BCUT2D eigenvalue weighted by molar-refractivity contribution is 5.95. The Labute approximate surface area is 167 Å². The third kappa shape index (κ3) is 5.50. The van der Waals surface area contributed by atoms with E-state index in [2.05, 4.69) is 18.8 Å². The van der Waals surface area contributed by atoms with E-state index in [1.54, 1.807) is 36.3 Å². The Morgan fingerprint density at radius 2 is 2.11 bits per heavy atom. The number of unbranched alkanes of at least 4 members (excludes halogenated alkanes) is 1. The Morgan fingerprint density at radius 1 is 1.32 bits per heavy atom. The van der Waals surface area contributed by atoms with Crippen molar-refractivity contribution in [2.24, 2.45) is 5.92 Å². The van der Waals surface area contributed by atoms with Crippen LogP contribution in [-0.4, -0.2) is 49.6 Å². The standard InChI is InChI=1S/C22H32N2O4/c1-5-7-12-23-21(25)18-9-8-16(3)24(15-18)22(26)17-10-11-19(28-13-6-2)20(14-17)27-4/h6,10-11,14,16,18H,2,5,7-9,12-13,15H2,1,3-4H3,(H,23,25). The molecule has 1 aliphatic rings. The maximum Gasteiger partial charge on any atom is 0.254 e. The van der Waals surface area contributed by atoms with Crippen LogP contribution in [0.15, 0.2) is 30.9 Å². The number of hydrogen-bond donors (Lipinski definition) is 1. The Balaban J connectivity index is 2.10. The van der Waals surface area contributed by atoms with E-state index in [-0.39, 0.29) is 23.8 Å². The minimum absolute atomic E-state index is 0.0453. The predicted molar refractivity (Wildman–Crippen MR) is 110 cm³/mol. The molecule has 1 heterocycles. The van der Waals surface area contributed by atoms with Gasteiger partial charge in [-0.15, -0.1) is 0 Å². The molecule has 2 unspecified atom stereocenters. The summed E-state index contributed by atoms with van der Waals surface area (Å²) in [6, 6.07) is 5.26. The average Bonchev–Trinajstić information content (AvgIpc) is 2.72. The van der Waals surface area contributed by atoms with Crippen molar-refractivity contribution in [3.05, 3.63) is 36.4 Å². The maximum atomic E-state index is 13.1. The molecule has 0 saturated carbocycles. The molecule has 0 spiro atoms. The zero-order valence-corrected chi connectivity index (χ0v) is 17.2. The van der Waals surface area contributed by atoms with Crippen LogP contribution in [0.5, 0.6) is 11.5 Å². The second-order valence-corrected chi connectivity index (χ2v) is 7.19. The van der Waals surface area contributed by atoms with Gasteiger partial charge in [-0.2, -0.15) is 0 Å². The first-order valence-electron chi connectivity index (χ1n) is 10.0. The molecular weight excluding hydrogens is 356 g/mol. The Bertz CT molecular complexity index is 689. The van der Waals surface area contributed by atoms with Gasteiger partial charge in [-0.1, -0.05) is 26.0 Å². The fourth-order valence-corrected chi connectivity index (χ4v) is 3.37. The lowest BCUT2D eigenvalue weighted by atomic mass is 9.92. The molecular formula is C22H32N2O4. The molecule has 1 N–H and O–H groups in total. The molecule has 0 aliphatic carbocycles. The largest absolute Gasteiger partial charge is 0.493 e. The molecule has 0 aromatic heterocycles. The highest BCUT2D eigenvalue weighted by Crippen LogP contribution is 2.30. The van der Waals surface area contributed by atoms with Gasteiger partial charge < -0.3 is 19.7 Å². The van der Waals surface area contributed by atoms with Crippen molar-refractivity contribution in [2.45, 2.75) is 45.6 Å². The van der Waals surface area contributed by atoms with Gasteiger partial charge in [0.2, 0.25) is 5.91 Å². The van der Waals surface area contributed by atoms with E-state index in [4.69, 9.17) is 9.47 Å². The smallest absolute Gasteiger partial charge is 0.254 e. The predicted octanol–water partition coefficient (Wildman–Crippen LogP) is 3.42. The summed E-state index contributed by atoms with van der Waals surface area (Å²) in [7, 11) is 1.55. The molecule has 6 nitrogen and oxygen atoms in total. The minimum atomic E-state index is -0.158. The van der Waals surface area contributed by atoms with Crippen LogP contribution >= 0.6 is 0 Å². The third-order valence-electron chi connectivity index (χ3n) is 5.11. The summed E-state index contributed by atoms with van der Waals surface area (Å²) in [5.74, 6) is 0.871. The van der Waals surface area contributed by atoms with Gasteiger partial charge in [-0.25, -0.2) is 0 Å². The van der Waals surface area contributed by atoms with Crippen molar-refractivity contribution in [1.29, 1.82) is 0 Å². The van der Waals surface area contributed by atoms with E-state index in [0.29, 0.717) is 36.8 Å². The first kappa shape index (κ1) is 21.8. The SMILES string of the molecule is C=CCOc1ccc(C(=O)N2CC(C(=O)NCCCC)CCC2C)cc1OC. The molecule has 154 valence electrons. The van der Waals surface area contributed by atoms with Gasteiger partial charge in [0.05, 0.1) is 13.0 Å². The molecule has 6 heteroatoms. The van der Waals surface area contributed by atoms with Crippen LogP contribution in [0.4, 0.5) is 0 Å². The Kier molecular flexibility index (Phi) is 8.36. The summed E-state index contributed by atoms with van der Waals surface area (Å²) >= 11 is 0. The molecule has 1 aromatic carbocycles. The first-order valence-corrected chi connectivity index (χ1v) is 10.0. The number of ether oxygens (including phenoxy) is 2. The number of likely N-dealkylation sites (tertiary alicyclic amines) is 1. The van der Waals surface area contributed by atoms with E-state index >= 15 is 0 Å². The van der Waals surface area contributed by atoms with Gasteiger partial charge in [-0.05, 0) is 44.4 Å². The molecule has 2 amide bonds. The zero-order chi connectivity index (χ0) is 20.5. The third-order valence-corrected chi connectivity index (χ3v) is 5.11. The van der Waals surface area contributed by atoms with Crippen molar-refractivity contribution < 1.29 is 19.1 Å². The molecule has 1 fully saturated rings. The van der Waals surface area contributed by atoms with Crippen LogP contribution in [0.2, 0.25) is 0 Å². The number of amides is 2. The number of piperidine rings is 1. The van der Waals surface area contributed by atoms with E-state index in [9.17, 15) is 9.59 Å². The zero-order valence-electron chi connectivity index (χ0n) is 17.2. The quantitative estimate of drug-likeness (QED) is 0.520. The van der Waals surface area contributed by atoms with E-state index in [0.717, 1.165) is 25.7 Å². The van der Waals surface area contributed by atoms with Crippen molar-refractivity contribution in [2.75, 3.05) is 26.8 Å². The van der Waals surface area contributed by atoms with Gasteiger partial charge in [0, 0.05) is 24.7 Å². The second-order valence-electron chi connectivity index (χ2n) is 7.19. The van der Waals surface area contributed by atoms with Gasteiger partial charge >= 0.3 is 0 Å². The van der Waals surface area contributed by atoms with E-state index in [1.807, 2.05) is 6.92 Å². The van der Waals surface area contributed by atoms with Crippen LogP contribution in [0, 0.1) is 5.92 Å². The summed E-state index contributed by atoms with van der Waals surface area (Å²) < 4.78 is 10.9. The fourth-order valence-electron chi connectivity index (χ4n) is 3.37. The monoisotopic (exact) mass is 388 g/mol. The summed E-state index contributed by atoms with van der Waals surface area (Å²) in [4.78, 5) is 27.3. The Morgan fingerprint density at radius 3 is 2.79 bits per heavy atom. The highest BCUT2D eigenvalue weighted by Gasteiger charge is 2.33. The molecule has 1 aliphatic heterocycles. The molecule has 28 heavy (non-hydrogen) atoms.